The van der Waals surface area contributed by atoms with Gasteiger partial charge in [-0.15, -0.1) is 0 Å². The lowest BCUT2D eigenvalue weighted by Gasteiger charge is -2.30. The summed E-state index contributed by atoms with van der Waals surface area (Å²) in [5.74, 6) is 1.43. The summed E-state index contributed by atoms with van der Waals surface area (Å²) in [4.78, 5) is 14.7. The first kappa shape index (κ1) is 15.2. The van der Waals surface area contributed by atoms with E-state index in [4.69, 9.17) is 4.74 Å². The van der Waals surface area contributed by atoms with Gasteiger partial charge in [-0.25, -0.2) is 4.79 Å². The highest BCUT2D eigenvalue weighted by atomic mass is 16.5. The number of methoxy groups -OCH3 is 1. The maximum absolute atomic E-state index is 12.7. The second-order valence-corrected chi connectivity index (χ2v) is 6.77. The van der Waals surface area contributed by atoms with E-state index < -0.39 is 0 Å². The summed E-state index contributed by atoms with van der Waals surface area (Å²) in [6.45, 7) is 4.19. The van der Waals surface area contributed by atoms with Gasteiger partial charge >= 0.3 is 6.03 Å². The number of rotatable bonds is 6. The van der Waals surface area contributed by atoms with Crippen LogP contribution in [0, 0.1) is 5.92 Å². The van der Waals surface area contributed by atoms with Gasteiger partial charge in [0.05, 0.1) is 13.2 Å². The molecular weight excluding hydrogens is 276 g/mol. The van der Waals surface area contributed by atoms with Gasteiger partial charge in [0.1, 0.15) is 5.75 Å². The predicted octanol–water partition coefficient (Wildman–Crippen LogP) is 3.73. The van der Waals surface area contributed by atoms with Crippen molar-refractivity contribution in [3.8, 4) is 5.75 Å². The monoisotopic (exact) mass is 302 g/mol. The third-order valence-corrected chi connectivity index (χ3v) is 4.58. The third kappa shape index (κ3) is 3.37. The largest absolute Gasteiger partial charge is 0.497 e. The van der Waals surface area contributed by atoms with Crippen LogP contribution in [0.15, 0.2) is 24.3 Å². The fourth-order valence-corrected chi connectivity index (χ4v) is 3.10. The van der Waals surface area contributed by atoms with Crippen LogP contribution in [-0.4, -0.2) is 30.1 Å². The van der Waals surface area contributed by atoms with E-state index in [1.165, 1.54) is 18.4 Å². The van der Waals surface area contributed by atoms with Crippen molar-refractivity contribution in [3.05, 3.63) is 29.8 Å². The molecular formula is C18H26N2O2. The maximum Gasteiger partial charge on any atom is 0.318 e. The standard InChI is InChI=1S/C18H26N2O2/c1-12(2)20(15-8-9-15)18(21)19-17(13-4-5-13)14-6-10-16(22-3)11-7-14/h6-7,10-13,15,17H,4-5,8-9H2,1-3H3,(H,19,21). The Labute approximate surface area is 132 Å². The third-order valence-electron chi connectivity index (χ3n) is 4.58. The fourth-order valence-electron chi connectivity index (χ4n) is 3.10. The van der Waals surface area contributed by atoms with Gasteiger partial charge in [-0.1, -0.05) is 12.1 Å². The van der Waals surface area contributed by atoms with E-state index in [2.05, 4.69) is 31.3 Å². The van der Waals surface area contributed by atoms with E-state index in [0.717, 1.165) is 18.6 Å². The number of nitrogens with one attached hydrogen (secondary N) is 1. The predicted molar refractivity (Wildman–Crippen MR) is 87.0 cm³/mol. The number of urea groups is 1. The first-order valence-corrected chi connectivity index (χ1v) is 8.33. The van der Waals surface area contributed by atoms with Crippen molar-refractivity contribution in [2.75, 3.05) is 7.11 Å². The van der Waals surface area contributed by atoms with Crippen molar-refractivity contribution < 1.29 is 9.53 Å². The molecule has 2 fully saturated rings. The Morgan fingerprint density at radius 3 is 2.27 bits per heavy atom. The zero-order valence-electron chi connectivity index (χ0n) is 13.7. The average molecular weight is 302 g/mol. The Kier molecular flexibility index (Phi) is 4.27. The Bertz CT molecular complexity index is 516. The van der Waals surface area contributed by atoms with Gasteiger partial charge in [-0.2, -0.15) is 0 Å². The summed E-state index contributed by atoms with van der Waals surface area (Å²) in [5, 5.41) is 3.28. The summed E-state index contributed by atoms with van der Waals surface area (Å²) in [7, 11) is 1.67. The van der Waals surface area contributed by atoms with E-state index in [9.17, 15) is 4.79 Å². The fraction of sp³-hybridized carbons (Fsp3) is 0.611. The second kappa shape index (κ2) is 6.19. The molecule has 4 heteroatoms. The summed E-state index contributed by atoms with van der Waals surface area (Å²) >= 11 is 0. The van der Waals surface area contributed by atoms with Gasteiger partial charge in [-0.3, -0.25) is 0 Å². The minimum atomic E-state index is 0.0882. The summed E-state index contributed by atoms with van der Waals surface area (Å²) in [6, 6.07) is 8.98. The molecule has 2 amide bonds. The highest BCUT2D eigenvalue weighted by Gasteiger charge is 2.38. The highest BCUT2D eigenvalue weighted by Crippen LogP contribution is 2.41. The zero-order chi connectivity index (χ0) is 15.7. The van der Waals surface area contributed by atoms with Crippen LogP contribution in [0.5, 0.6) is 5.75 Å². The number of carbonyl (C=O) groups is 1. The molecule has 1 atom stereocenters. The van der Waals surface area contributed by atoms with Crippen LogP contribution in [0.4, 0.5) is 4.79 Å². The maximum atomic E-state index is 12.7. The van der Waals surface area contributed by atoms with Gasteiger partial charge < -0.3 is 15.0 Å². The summed E-state index contributed by atoms with van der Waals surface area (Å²) in [6.07, 6.45) is 4.68. The smallest absolute Gasteiger partial charge is 0.318 e. The number of nitrogens with zero attached hydrogens (tertiary/aromatic N) is 1. The first-order chi connectivity index (χ1) is 10.6. The molecule has 0 heterocycles. The highest BCUT2D eigenvalue weighted by molar-refractivity contribution is 5.76. The summed E-state index contributed by atoms with van der Waals surface area (Å²) in [5.41, 5.74) is 1.18. The van der Waals surface area contributed by atoms with E-state index in [-0.39, 0.29) is 18.1 Å². The number of ether oxygens (including phenoxy) is 1. The van der Waals surface area contributed by atoms with Crippen molar-refractivity contribution in [2.24, 2.45) is 5.92 Å². The van der Waals surface area contributed by atoms with E-state index >= 15 is 0 Å². The minimum Gasteiger partial charge on any atom is -0.497 e. The molecule has 4 nitrogen and oxygen atoms in total. The number of hydrogen-bond acceptors (Lipinski definition) is 2. The van der Waals surface area contributed by atoms with Gasteiger partial charge in [-0.05, 0) is 63.1 Å². The van der Waals surface area contributed by atoms with Gasteiger partial charge in [0.15, 0.2) is 0 Å². The molecule has 0 saturated heterocycles. The molecule has 1 aromatic carbocycles. The molecule has 120 valence electrons. The minimum absolute atomic E-state index is 0.0882. The van der Waals surface area contributed by atoms with Crippen molar-refractivity contribution in [1.82, 2.24) is 10.2 Å². The quantitative estimate of drug-likeness (QED) is 0.870. The SMILES string of the molecule is COc1ccc(C(NC(=O)N(C(C)C)C2CC2)C2CC2)cc1. The topological polar surface area (TPSA) is 41.6 Å². The molecule has 0 spiro atoms. The average Bonchev–Trinajstić information content (AvgIpc) is 3.37. The van der Waals surface area contributed by atoms with Crippen LogP contribution in [0.25, 0.3) is 0 Å². The molecule has 1 unspecified atom stereocenters. The number of benzene rings is 1. The van der Waals surface area contributed by atoms with Crippen molar-refractivity contribution in [1.29, 1.82) is 0 Å². The van der Waals surface area contributed by atoms with Crippen molar-refractivity contribution in [2.45, 2.75) is 57.7 Å². The molecule has 2 aliphatic rings. The van der Waals surface area contributed by atoms with Crippen LogP contribution < -0.4 is 10.1 Å². The van der Waals surface area contributed by atoms with Crippen LogP contribution >= 0.6 is 0 Å². The van der Waals surface area contributed by atoms with Crippen LogP contribution in [0.2, 0.25) is 0 Å². The lowest BCUT2D eigenvalue weighted by Crippen LogP contribution is -2.46. The van der Waals surface area contributed by atoms with Crippen molar-refractivity contribution >= 4 is 6.03 Å². The molecule has 2 saturated carbocycles. The molecule has 1 N–H and O–H groups in total. The van der Waals surface area contributed by atoms with E-state index in [1.807, 2.05) is 17.0 Å². The van der Waals surface area contributed by atoms with Crippen LogP contribution in [0.3, 0.4) is 0 Å². The zero-order valence-corrected chi connectivity index (χ0v) is 13.7. The Hall–Kier alpha value is -1.71. The Balaban J connectivity index is 1.72. The second-order valence-electron chi connectivity index (χ2n) is 6.77. The van der Waals surface area contributed by atoms with Gasteiger partial charge in [0, 0.05) is 12.1 Å². The number of amides is 2. The molecule has 3 rings (SSSR count). The molecule has 0 radical (unpaired) electrons. The van der Waals surface area contributed by atoms with Gasteiger partial charge in [0.25, 0.3) is 0 Å². The van der Waals surface area contributed by atoms with Crippen LogP contribution in [-0.2, 0) is 0 Å². The summed E-state index contributed by atoms with van der Waals surface area (Å²) < 4.78 is 5.22. The van der Waals surface area contributed by atoms with E-state index in [0.29, 0.717) is 12.0 Å². The lowest BCUT2D eigenvalue weighted by molar-refractivity contribution is 0.174. The number of hydrogen-bond donors (Lipinski definition) is 1. The molecule has 22 heavy (non-hydrogen) atoms. The Morgan fingerprint density at radius 1 is 1.18 bits per heavy atom. The molecule has 0 aromatic heterocycles. The van der Waals surface area contributed by atoms with E-state index in [1.54, 1.807) is 7.11 Å². The lowest BCUT2D eigenvalue weighted by atomic mass is 10.0. The molecule has 0 aliphatic heterocycles. The molecule has 0 bridgehead atoms. The number of carbonyl (C=O) groups excluding carboxylic acids is 1. The normalized spacial score (nSPS) is 18.9. The molecule has 2 aliphatic carbocycles. The first-order valence-electron chi connectivity index (χ1n) is 8.33. The molecule has 1 aromatic rings. The van der Waals surface area contributed by atoms with Crippen LogP contribution in [0.1, 0.15) is 51.1 Å². The van der Waals surface area contributed by atoms with Crippen molar-refractivity contribution in [3.63, 3.8) is 0 Å². The Morgan fingerprint density at radius 2 is 1.82 bits per heavy atom. The van der Waals surface area contributed by atoms with Gasteiger partial charge in [0.2, 0.25) is 0 Å².